The van der Waals surface area contributed by atoms with Gasteiger partial charge in [-0.05, 0) is 35.4 Å². The Balaban J connectivity index is 1.81. The lowest BCUT2D eigenvalue weighted by molar-refractivity contribution is -0.140. The van der Waals surface area contributed by atoms with Crippen LogP contribution in [0.4, 0.5) is 0 Å². The van der Waals surface area contributed by atoms with E-state index in [1.54, 1.807) is 42.5 Å². The number of carbonyl (C=O) groups is 2. The summed E-state index contributed by atoms with van der Waals surface area (Å²) < 4.78 is 22.0. The number of Topliss-reactive ketones (excluding diaryl/α,β-unsaturated/α-hetero) is 1. The van der Waals surface area contributed by atoms with Crippen LogP contribution >= 0.6 is 0 Å². The van der Waals surface area contributed by atoms with E-state index in [2.05, 4.69) is 0 Å². The highest BCUT2D eigenvalue weighted by molar-refractivity contribution is 6.46. The van der Waals surface area contributed by atoms with Crippen molar-refractivity contribution < 1.29 is 33.6 Å². The first-order valence-electron chi connectivity index (χ1n) is 11.8. The molecule has 192 valence electrons. The van der Waals surface area contributed by atoms with Crippen molar-refractivity contribution in [3.8, 4) is 17.2 Å². The second-order valence-corrected chi connectivity index (χ2v) is 8.37. The molecule has 0 radical (unpaired) electrons. The van der Waals surface area contributed by atoms with Crippen LogP contribution in [0.1, 0.15) is 22.7 Å². The summed E-state index contributed by atoms with van der Waals surface area (Å²) in [5, 5.41) is 11.5. The lowest BCUT2D eigenvalue weighted by Crippen LogP contribution is -2.32. The number of benzene rings is 3. The van der Waals surface area contributed by atoms with Gasteiger partial charge >= 0.3 is 0 Å². The van der Waals surface area contributed by atoms with Crippen molar-refractivity contribution in [2.45, 2.75) is 12.6 Å². The Bertz CT molecular complexity index is 1280. The zero-order valence-electron chi connectivity index (χ0n) is 21.0. The van der Waals surface area contributed by atoms with Crippen molar-refractivity contribution in [2.75, 3.05) is 34.5 Å². The molecule has 1 heterocycles. The molecule has 1 atom stereocenters. The highest BCUT2D eigenvalue weighted by Crippen LogP contribution is 2.43. The Morgan fingerprint density at radius 1 is 0.892 bits per heavy atom. The molecule has 8 heteroatoms. The van der Waals surface area contributed by atoms with E-state index >= 15 is 0 Å². The maximum Gasteiger partial charge on any atom is 0.295 e. The lowest BCUT2D eigenvalue weighted by Gasteiger charge is -2.25. The molecular weight excluding hydrogens is 474 g/mol. The van der Waals surface area contributed by atoms with Gasteiger partial charge in [-0.25, -0.2) is 0 Å². The number of ketones is 1. The van der Waals surface area contributed by atoms with Crippen LogP contribution in [-0.4, -0.2) is 56.2 Å². The smallest absolute Gasteiger partial charge is 0.295 e. The van der Waals surface area contributed by atoms with Crippen LogP contribution in [0, 0.1) is 0 Å². The Kier molecular flexibility index (Phi) is 8.10. The molecule has 0 aliphatic carbocycles. The molecule has 1 amide bonds. The van der Waals surface area contributed by atoms with Gasteiger partial charge in [-0.2, -0.15) is 0 Å². The van der Waals surface area contributed by atoms with E-state index in [0.29, 0.717) is 29.4 Å². The van der Waals surface area contributed by atoms with Gasteiger partial charge < -0.3 is 29.0 Å². The highest BCUT2D eigenvalue weighted by atomic mass is 16.5. The molecule has 1 fully saturated rings. The predicted octanol–water partition coefficient (Wildman–Crippen LogP) is 4.35. The van der Waals surface area contributed by atoms with Crippen LogP contribution in [0.2, 0.25) is 0 Å². The van der Waals surface area contributed by atoms with E-state index in [9.17, 15) is 14.7 Å². The molecule has 0 spiro atoms. The maximum absolute atomic E-state index is 13.3. The topological polar surface area (TPSA) is 94.5 Å². The Labute approximate surface area is 215 Å². The minimum atomic E-state index is -0.870. The van der Waals surface area contributed by atoms with Crippen molar-refractivity contribution in [1.82, 2.24) is 4.90 Å². The Hall–Kier alpha value is -4.30. The number of ether oxygens (including phenoxy) is 4. The average molecular weight is 504 g/mol. The number of carbonyl (C=O) groups excluding carboxylic acids is 2. The van der Waals surface area contributed by atoms with Crippen molar-refractivity contribution in [2.24, 2.45) is 0 Å². The number of hydrogen-bond donors (Lipinski definition) is 1. The maximum atomic E-state index is 13.3. The summed E-state index contributed by atoms with van der Waals surface area (Å²) in [5.41, 5.74) is 1.74. The van der Waals surface area contributed by atoms with E-state index < -0.39 is 17.7 Å². The molecule has 1 N–H and O–H groups in total. The van der Waals surface area contributed by atoms with E-state index in [1.165, 1.54) is 26.2 Å². The van der Waals surface area contributed by atoms with Crippen LogP contribution in [0.5, 0.6) is 17.2 Å². The quantitative estimate of drug-likeness (QED) is 0.250. The third-order valence-electron chi connectivity index (χ3n) is 6.16. The summed E-state index contributed by atoms with van der Waals surface area (Å²) in [5.74, 6) is -0.741. The van der Waals surface area contributed by atoms with Crippen LogP contribution in [0.3, 0.4) is 0 Å². The van der Waals surface area contributed by atoms with Crippen LogP contribution in [-0.2, 0) is 20.9 Å². The van der Waals surface area contributed by atoms with Gasteiger partial charge in [0.2, 0.25) is 0 Å². The van der Waals surface area contributed by atoms with Gasteiger partial charge in [-0.3, -0.25) is 9.59 Å². The summed E-state index contributed by atoms with van der Waals surface area (Å²) in [4.78, 5) is 27.8. The molecular formula is C29H29NO7. The van der Waals surface area contributed by atoms with Gasteiger partial charge in [0.05, 0.1) is 32.4 Å². The molecule has 3 aromatic rings. The largest absolute Gasteiger partial charge is 0.506 e. The zero-order chi connectivity index (χ0) is 26.4. The predicted molar refractivity (Wildman–Crippen MR) is 138 cm³/mol. The molecule has 1 unspecified atom stereocenters. The van der Waals surface area contributed by atoms with Gasteiger partial charge in [0.25, 0.3) is 11.7 Å². The first-order valence-corrected chi connectivity index (χ1v) is 11.8. The summed E-state index contributed by atoms with van der Waals surface area (Å²) in [6, 6.07) is 21.0. The summed E-state index contributed by atoms with van der Waals surface area (Å²) in [6.07, 6.45) is 0. The fourth-order valence-corrected chi connectivity index (χ4v) is 4.38. The first kappa shape index (κ1) is 25.8. The third-order valence-corrected chi connectivity index (χ3v) is 6.16. The number of aliphatic hydroxyl groups excluding tert-OH is 1. The number of aliphatic hydroxyl groups is 1. The van der Waals surface area contributed by atoms with Gasteiger partial charge in [-0.15, -0.1) is 0 Å². The van der Waals surface area contributed by atoms with Crippen LogP contribution in [0.25, 0.3) is 5.76 Å². The summed E-state index contributed by atoms with van der Waals surface area (Å²) in [6.45, 7) is 0.721. The second kappa shape index (κ2) is 11.6. The standard InChI is InChI=1S/C29H29NO7/c1-34-16-15-30-26(20-11-7-12-21(17-20)37-18-19-9-5-4-6-10-19)25(28(32)29(30)33)27(31)24-22(35-2)13-8-14-23(24)36-3/h4-14,17,26,31H,15-16,18H2,1-3H3/b27-25+. The van der Waals surface area contributed by atoms with Crippen molar-refractivity contribution >= 4 is 17.4 Å². The first-order chi connectivity index (χ1) is 18.0. The van der Waals surface area contributed by atoms with Crippen molar-refractivity contribution in [1.29, 1.82) is 0 Å². The summed E-state index contributed by atoms with van der Waals surface area (Å²) in [7, 11) is 4.42. The average Bonchev–Trinajstić information content (AvgIpc) is 3.19. The van der Waals surface area contributed by atoms with Gasteiger partial charge in [0.1, 0.15) is 35.2 Å². The van der Waals surface area contributed by atoms with E-state index in [0.717, 1.165) is 5.56 Å². The number of hydrogen-bond acceptors (Lipinski definition) is 7. The molecule has 1 saturated heterocycles. The molecule has 4 rings (SSSR count). The lowest BCUT2D eigenvalue weighted by atomic mass is 9.94. The highest BCUT2D eigenvalue weighted by Gasteiger charge is 2.46. The van der Waals surface area contributed by atoms with Gasteiger partial charge in [0.15, 0.2) is 0 Å². The molecule has 0 aromatic heterocycles. The minimum Gasteiger partial charge on any atom is -0.506 e. The fraction of sp³-hybridized carbons (Fsp3) is 0.241. The second-order valence-electron chi connectivity index (χ2n) is 8.37. The molecule has 0 bridgehead atoms. The SMILES string of the molecule is COCCN1C(=O)C(=O)/C(=C(/O)c2c(OC)cccc2OC)C1c1cccc(OCc2ccccc2)c1. The number of nitrogens with zero attached hydrogens (tertiary/aromatic N) is 1. The molecule has 0 saturated carbocycles. The number of methoxy groups -OCH3 is 3. The third kappa shape index (κ3) is 5.29. The molecule has 1 aliphatic heterocycles. The van der Waals surface area contributed by atoms with E-state index in [1.807, 2.05) is 30.3 Å². The molecule has 8 nitrogen and oxygen atoms in total. The molecule has 37 heavy (non-hydrogen) atoms. The van der Waals surface area contributed by atoms with E-state index in [4.69, 9.17) is 18.9 Å². The zero-order valence-corrected chi connectivity index (χ0v) is 21.0. The fourth-order valence-electron chi connectivity index (χ4n) is 4.38. The number of rotatable bonds is 10. The molecule has 1 aliphatic rings. The normalized spacial score (nSPS) is 16.6. The van der Waals surface area contributed by atoms with Crippen molar-refractivity contribution in [3.05, 3.63) is 95.1 Å². The Morgan fingerprint density at radius 2 is 1.57 bits per heavy atom. The van der Waals surface area contributed by atoms with Crippen LogP contribution in [0.15, 0.2) is 78.4 Å². The molecule has 3 aromatic carbocycles. The van der Waals surface area contributed by atoms with Crippen molar-refractivity contribution in [3.63, 3.8) is 0 Å². The number of amides is 1. The Morgan fingerprint density at radius 3 is 2.22 bits per heavy atom. The monoisotopic (exact) mass is 503 g/mol. The van der Waals surface area contributed by atoms with Gasteiger partial charge in [-0.1, -0.05) is 48.5 Å². The van der Waals surface area contributed by atoms with Crippen LogP contribution < -0.4 is 14.2 Å². The van der Waals surface area contributed by atoms with Gasteiger partial charge in [0, 0.05) is 13.7 Å². The summed E-state index contributed by atoms with van der Waals surface area (Å²) >= 11 is 0. The van der Waals surface area contributed by atoms with E-state index in [-0.39, 0.29) is 30.0 Å². The number of likely N-dealkylation sites (tertiary alicyclic amines) is 1. The minimum absolute atomic E-state index is 0.0656.